The van der Waals surface area contributed by atoms with E-state index >= 15 is 0 Å². The average Bonchev–Trinajstić information content (AvgIpc) is 3.95. The number of nitrogens with one attached hydrogen (secondary N) is 5. The van der Waals surface area contributed by atoms with Gasteiger partial charge in [0.05, 0.1) is 43.4 Å². The SMILES string of the molecule is COC(=O)[C@H](Cc1c(-n2cnc(C[C@@H](COC(=O)C(C)(C)C)NC(=O)CNC(=O)[C@H](CCCN/C(N)=N/[N+](=O)[O-])NC(=O)OC(C)(C)C)c2)n(Cc2ccc(OC)cc2)c2ccccc12)NC(=O)OCc1ccccc1. The number of methoxy groups -OCH3 is 2. The number of nitrogens with zero attached hydrogens (tertiary/aromatic N) is 5. The van der Waals surface area contributed by atoms with Crippen LogP contribution in [0, 0.1) is 15.5 Å². The predicted octanol–water partition coefficient (Wildman–Crippen LogP) is 4.40. The van der Waals surface area contributed by atoms with Gasteiger partial charge in [-0.3, -0.25) is 19.0 Å². The fraction of sp³-hybridized carbons (Fsp3) is 0.423. The van der Waals surface area contributed by atoms with Gasteiger partial charge in [0, 0.05) is 43.1 Å². The van der Waals surface area contributed by atoms with E-state index in [1.807, 2.05) is 66.7 Å². The van der Waals surface area contributed by atoms with Crippen LogP contribution in [0.15, 0.2) is 96.5 Å². The van der Waals surface area contributed by atoms with Gasteiger partial charge in [-0.2, -0.15) is 0 Å². The Labute approximate surface area is 439 Å². The maximum Gasteiger partial charge on any atom is 0.408 e. The van der Waals surface area contributed by atoms with Gasteiger partial charge in [-0.05, 0) is 83.7 Å². The number of benzene rings is 3. The van der Waals surface area contributed by atoms with Gasteiger partial charge in [0.15, 0.2) is 5.03 Å². The first-order chi connectivity index (χ1) is 36.0. The molecule has 0 spiro atoms. The van der Waals surface area contributed by atoms with Crippen LogP contribution in [0.3, 0.4) is 0 Å². The fourth-order valence-corrected chi connectivity index (χ4v) is 7.69. The van der Waals surface area contributed by atoms with Crippen molar-refractivity contribution in [3.8, 4) is 11.6 Å². The molecule has 2 heterocycles. The van der Waals surface area contributed by atoms with E-state index in [9.17, 15) is 38.9 Å². The molecular formula is C52H67N11O13. The van der Waals surface area contributed by atoms with Crippen molar-refractivity contribution in [2.24, 2.45) is 16.3 Å². The molecule has 24 nitrogen and oxygen atoms in total. The van der Waals surface area contributed by atoms with Crippen LogP contribution in [0.1, 0.15) is 76.8 Å². The number of hydrogen-bond donors (Lipinski definition) is 6. The Kier molecular flexibility index (Phi) is 20.7. The zero-order valence-corrected chi connectivity index (χ0v) is 43.9. The molecule has 0 aliphatic rings. The molecule has 3 aromatic carbocycles. The van der Waals surface area contributed by atoms with Crippen LogP contribution in [0.5, 0.6) is 5.75 Å². The second kappa shape index (κ2) is 27.0. The maximum atomic E-state index is 13.7. The standard InChI is InChI=1S/C52H67N11O13/c1-51(2,3)47(67)74-31-36(57-43(64)27-55-44(65)40(58-50(69)76-52(4,5)6)18-14-24-54-48(53)60-63(70)71)25-35-29-61(32-56-35)45-39(26-41(46(66)73-8)59-49(68)75-30-34-15-10-9-11-16-34)38-17-12-13-19-42(38)62(45)28-33-20-22-37(72-7)23-21-33/h9-13,15-17,19-23,29,32,36,40-41H,14,18,24-28,30-31H2,1-8H3,(H,55,65)(H,57,64)(H,58,69)(H,59,68)(H3,53,54,60)/t36-,40-,41-/m0/s1. The molecule has 7 N–H and O–H groups in total. The topological polar surface area (TPSA) is 313 Å². The second-order valence-corrected chi connectivity index (χ2v) is 19.5. The zero-order chi connectivity index (χ0) is 55.6. The number of rotatable bonds is 24. The number of nitro groups is 1. The number of hydrogen-bond acceptors (Lipinski definition) is 14. The van der Waals surface area contributed by atoms with Crippen molar-refractivity contribution >= 4 is 52.8 Å². The summed E-state index contributed by atoms with van der Waals surface area (Å²) in [6.07, 6.45) is 1.75. The summed E-state index contributed by atoms with van der Waals surface area (Å²) in [6, 6.07) is 21.0. The van der Waals surface area contributed by atoms with Crippen molar-refractivity contribution in [2.75, 3.05) is 33.9 Å². The summed E-state index contributed by atoms with van der Waals surface area (Å²) in [5.74, 6) is -1.85. The molecule has 3 atom stereocenters. The van der Waals surface area contributed by atoms with Crippen LogP contribution in [-0.4, -0.2) is 119 Å². The monoisotopic (exact) mass is 1050 g/mol. The predicted molar refractivity (Wildman–Crippen MR) is 278 cm³/mol. The summed E-state index contributed by atoms with van der Waals surface area (Å²) in [4.78, 5) is 95.1. The number of para-hydroxylation sites is 1. The number of aromatic nitrogens is 3. The first kappa shape index (κ1) is 58.2. The Hall–Kier alpha value is -8.70. The Bertz CT molecular complexity index is 2830. The number of fused-ring (bicyclic) bond motifs is 1. The molecular weight excluding hydrogens is 987 g/mol. The lowest BCUT2D eigenvalue weighted by Crippen LogP contribution is -2.51. The van der Waals surface area contributed by atoms with Crippen molar-refractivity contribution in [3.63, 3.8) is 0 Å². The molecule has 5 aromatic rings. The second-order valence-electron chi connectivity index (χ2n) is 19.5. The summed E-state index contributed by atoms with van der Waals surface area (Å²) in [5.41, 5.74) is 7.26. The highest BCUT2D eigenvalue weighted by Crippen LogP contribution is 2.32. The highest BCUT2D eigenvalue weighted by molar-refractivity contribution is 5.91. The summed E-state index contributed by atoms with van der Waals surface area (Å²) in [7, 11) is 2.81. The quantitative estimate of drug-likeness (QED) is 0.00949. The minimum atomic E-state index is -1.21. The Balaban J connectivity index is 1.43. The van der Waals surface area contributed by atoms with E-state index in [-0.39, 0.29) is 45.4 Å². The number of carbonyl (C=O) groups excluding carboxylic acids is 6. The molecule has 0 aliphatic carbocycles. The van der Waals surface area contributed by atoms with E-state index in [2.05, 4.69) is 36.3 Å². The molecule has 0 unspecified atom stereocenters. The molecule has 0 radical (unpaired) electrons. The molecule has 5 rings (SSSR count). The minimum absolute atomic E-state index is 0.00138. The minimum Gasteiger partial charge on any atom is -0.497 e. The molecule has 0 saturated heterocycles. The van der Waals surface area contributed by atoms with Crippen LogP contribution >= 0.6 is 0 Å². The third-order valence-corrected chi connectivity index (χ3v) is 11.3. The third-order valence-electron chi connectivity index (χ3n) is 11.3. The number of hydrazone groups is 1. The molecule has 24 heteroatoms. The lowest BCUT2D eigenvalue weighted by atomic mass is 9.97. The number of guanidine groups is 1. The van der Waals surface area contributed by atoms with E-state index < -0.39 is 82.6 Å². The highest BCUT2D eigenvalue weighted by Gasteiger charge is 2.30. The molecule has 0 bridgehead atoms. The number of imidazole rings is 1. The van der Waals surface area contributed by atoms with Crippen LogP contribution < -0.4 is 37.1 Å². The molecule has 76 heavy (non-hydrogen) atoms. The van der Waals surface area contributed by atoms with Crippen LogP contribution in [0.4, 0.5) is 9.59 Å². The first-order valence-corrected chi connectivity index (χ1v) is 24.3. The Morgan fingerprint density at radius 1 is 0.816 bits per heavy atom. The van der Waals surface area contributed by atoms with Gasteiger partial charge in [-0.15, -0.1) is 0 Å². The lowest BCUT2D eigenvalue weighted by Gasteiger charge is -2.24. The molecule has 0 fully saturated rings. The molecule has 0 saturated carbocycles. The van der Waals surface area contributed by atoms with Crippen LogP contribution in [0.25, 0.3) is 16.7 Å². The van der Waals surface area contributed by atoms with Crippen LogP contribution in [-0.2, 0) is 64.1 Å². The van der Waals surface area contributed by atoms with Gasteiger partial charge in [0.25, 0.3) is 5.96 Å². The summed E-state index contributed by atoms with van der Waals surface area (Å²) in [5, 5.41) is 26.5. The van der Waals surface area contributed by atoms with Crippen LogP contribution in [0.2, 0.25) is 0 Å². The smallest absolute Gasteiger partial charge is 0.408 e. The molecule has 2 aromatic heterocycles. The van der Waals surface area contributed by atoms with Gasteiger partial charge >= 0.3 is 24.1 Å². The fourth-order valence-electron chi connectivity index (χ4n) is 7.69. The maximum absolute atomic E-state index is 13.7. The van der Waals surface area contributed by atoms with Crippen molar-refractivity contribution in [1.29, 1.82) is 0 Å². The van der Waals surface area contributed by atoms with E-state index in [1.165, 1.54) is 7.11 Å². The summed E-state index contributed by atoms with van der Waals surface area (Å²) in [6.45, 7) is 9.50. The number of ether oxygens (including phenoxy) is 5. The van der Waals surface area contributed by atoms with Gasteiger partial charge < -0.3 is 60.6 Å². The van der Waals surface area contributed by atoms with Gasteiger partial charge in [0.1, 0.15) is 53.9 Å². The van der Waals surface area contributed by atoms with E-state index in [0.717, 1.165) is 22.0 Å². The Morgan fingerprint density at radius 2 is 1.50 bits per heavy atom. The Morgan fingerprint density at radius 3 is 2.16 bits per heavy atom. The zero-order valence-electron chi connectivity index (χ0n) is 43.9. The van der Waals surface area contributed by atoms with Gasteiger partial charge in [-0.25, -0.2) is 29.5 Å². The van der Waals surface area contributed by atoms with E-state index in [0.29, 0.717) is 29.4 Å². The summed E-state index contributed by atoms with van der Waals surface area (Å²) < 4.78 is 30.9. The van der Waals surface area contributed by atoms with Gasteiger partial charge in [0.2, 0.25) is 11.8 Å². The van der Waals surface area contributed by atoms with Crippen molar-refractivity contribution in [1.82, 2.24) is 40.7 Å². The highest BCUT2D eigenvalue weighted by atomic mass is 16.7. The number of esters is 2. The number of nitrogens with two attached hydrogens (primary N) is 1. The average molecular weight is 1050 g/mol. The summed E-state index contributed by atoms with van der Waals surface area (Å²) >= 11 is 0. The van der Waals surface area contributed by atoms with Gasteiger partial charge in [-0.1, -0.05) is 60.7 Å². The molecule has 0 aliphatic heterocycles. The number of alkyl carbamates (subject to hydrolysis) is 2. The third kappa shape index (κ3) is 18.1. The largest absolute Gasteiger partial charge is 0.497 e. The van der Waals surface area contributed by atoms with Crippen molar-refractivity contribution in [3.05, 3.63) is 124 Å². The lowest BCUT2D eigenvalue weighted by molar-refractivity contribution is -0.485. The van der Waals surface area contributed by atoms with Crippen molar-refractivity contribution < 1.29 is 57.5 Å². The molecule has 408 valence electrons. The number of carbonyl (C=O) groups is 6. The van der Waals surface area contributed by atoms with E-state index in [4.69, 9.17) is 34.4 Å². The first-order valence-electron chi connectivity index (χ1n) is 24.3. The molecule has 4 amide bonds. The number of amides is 4. The van der Waals surface area contributed by atoms with Crippen molar-refractivity contribution in [2.45, 2.75) is 104 Å². The van der Waals surface area contributed by atoms with E-state index in [1.54, 1.807) is 77.9 Å². The normalized spacial score (nSPS) is 12.8.